The standard InChI is InChI=1S/C24H25NOS/c1-18-13-15-22(16-14-18)23(21-11-7-4-8-12-21)25-24(26)19(2)27-17-20-9-5-3-6-10-20/h3-16,19,23H,17H2,1-2H3,(H,25,26)/t19-,23+/m1/s1. The van der Waals surface area contributed by atoms with Crippen LogP contribution in [0.25, 0.3) is 0 Å². The summed E-state index contributed by atoms with van der Waals surface area (Å²) in [7, 11) is 0. The molecule has 0 bridgehead atoms. The van der Waals surface area contributed by atoms with Crippen molar-refractivity contribution in [2.24, 2.45) is 0 Å². The van der Waals surface area contributed by atoms with E-state index in [2.05, 4.69) is 60.8 Å². The Balaban J connectivity index is 1.71. The summed E-state index contributed by atoms with van der Waals surface area (Å²) in [5.41, 5.74) is 4.64. The first-order valence-electron chi connectivity index (χ1n) is 9.21. The molecule has 27 heavy (non-hydrogen) atoms. The van der Waals surface area contributed by atoms with Crippen LogP contribution >= 0.6 is 11.8 Å². The SMILES string of the molecule is Cc1ccc([C@@H](NC(=O)[C@@H](C)SCc2ccccc2)c2ccccc2)cc1. The number of rotatable bonds is 7. The number of benzene rings is 3. The molecule has 138 valence electrons. The van der Waals surface area contributed by atoms with Gasteiger partial charge in [-0.15, -0.1) is 11.8 Å². The Morgan fingerprint density at radius 3 is 2.04 bits per heavy atom. The Morgan fingerprint density at radius 2 is 1.41 bits per heavy atom. The van der Waals surface area contributed by atoms with Crippen LogP contribution in [0.5, 0.6) is 0 Å². The molecule has 0 radical (unpaired) electrons. The third kappa shape index (κ3) is 5.48. The maximum atomic E-state index is 12.9. The van der Waals surface area contributed by atoms with Gasteiger partial charge >= 0.3 is 0 Å². The fourth-order valence-electron chi connectivity index (χ4n) is 2.89. The molecule has 0 saturated heterocycles. The smallest absolute Gasteiger partial charge is 0.233 e. The summed E-state index contributed by atoms with van der Waals surface area (Å²) in [5, 5.41) is 3.12. The van der Waals surface area contributed by atoms with E-state index < -0.39 is 0 Å². The second kappa shape index (κ2) is 9.43. The van der Waals surface area contributed by atoms with Crippen LogP contribution in [0.1, 0.15) is 35.2 Å². The highest BCUT2D eigenvalue weighted by Gasteiger charge is 2.20. The molecule has 1 amide bonds. The van der Waals surface area contributed by atoms with Crippen LogP contribution in [-0.2, 0) is 10.5 Å². The number of nitrogens with one attached hydrogen (secondary N) is 1. The largest absolute Gasteiger partial charge is 0.344 e. The fourth-order valence-corrected chi connectivity index (χ4v) is 3.75. The molecule has 3 heteroatoms. The molecule has 0 unspecified atom stereocenters. The lowest BCUT2D eigenvalue weighted by Gasteiger charge is -2.22. The van der Waals surface area contributed by atoms with Crippen LogP contribution in [-0.4, -0.2) is 11.2 Å². The minimum atomic E-state index is -0.140. The van der Waals surface area contributed by atoms with E-state index in [1.807, 2.05) is 43.3 Å². The summed E-state index contributed by atoms with van der Waals surface area (Å²) in [4.78, 5) is 12.9. The van der Waals surface area contributed by atoms with Gasteiger partial charge < -0.3 is 5.32 Å². The summed E-state index contributed by atoms with van der Waals surface area (Å²) in [6.07, 6.45) is 0. The van der Waals surface area contributed by atoms with Gasteiger partial charge in [0.15, 0.2) is 0 Å². The molecule has 2 atom stereocenters. The van der Waals surface area contributed by atoms with E-state index in [1.165, 1.54) is 11.1 Å². The van der Waals surface area contributed by atoms with Gasteiger partial charge in [-0.05, 0) is 30.5 Å². The molecule has 3 aromatic rings. The van der Waals surface area contributed by atoms with Crippen molar-refractivity contribution in [3.8, 4) is 0 Å². The number of carbonyl (C=O) groups excluding carboxylic acids is 1. The zero-order chi connectivity index (χ0) is 19.1. The maximum absolute atomic E-state index is 12.9. The van der Waals surface area contributed by atoms with E-state index in [9.17, 15) is 4.79 Å². The summed E-state index contributed by atoms with van der Waals surface area (Å²) >= 11 is 1.66. The zero-order valence-electron chi connectivity index (χ0n) is 15.8. The number of thioether (sulfide) groups is 1. The fraction of sp³-hybridized carbons (Fsp3) is 0.208. The van der Waals surface area contributed by atoms with Gasteiger partial charge in [0, 0.05) is 5.75 Å². The number of amides is 1. The van der Waals surface area contributed by atoms with Crippen molar-refractivity contribution < 1.29 is 4.79 Å². The monoisotopic (exact) mass is 375 g/mol. The molecule has 0 aliphatic heterocycles. The van der Waals surface area contributed by atoms with Crippen LogP contribution < -0.4 is 5.32 Å². The molecule has 0 spiro atoms. The molecule has 3 rings (SSSR count). The third-order valence-electron chi connectivity index (χ3n) is 4.54. The molecule has 0 fully saturated rings. The Hall–Kier alpha value is -2.52. The van der Waals surface area contributed by atoms with E-state index in [1.54, 1.807) is 11.8 Å². The van der Waals surface area contributed by atoms with Crippen molar-refractivity contribution in [2.75, 3.05) is 0 Å². The zero-order valence-corrected chi connectivity index (χ0v) is 16.6. The highest BCUT2D eigenvalue weighted by molar-refractivity contribution is 7.99. The minimum Gasteiger partial charge on any atom is -0.344 e. The number of carbonyl (C=O) groups is 1. The molecule has 2 nitrogen and oxygen atoms in total. The van der Waals surface area contributed by atoms with Gasteiger partial charge in [0.05, 0.1) is 11.3 Å². The molecule has 0 aromatic heterocycles. The van der Waals surface area contributed by atoms with Gasteiger partial charge in [-0.3, -0.25) is 4.79 Å². The van der Waals surface area contributed by atoms with Crippen molar-refractivity contribution in [3.63, 3.8) is 0 Å². The van der Waals surface area contributed by atoms with Crippen molar-refractivity contribution >= 4 is 17.7 Å². The number of hydrogen-bond acceptors (Lipinski definition) is 2. The average Bonchev–Trinajstić information content (AvgIpc) is 2.72. The molecule has 3 aromatic carbocycles. The predicted octanol–water partition coefficient (Wildman–Crippen LogP) is 5.52. The van der Waals surface area contributed by atoms with Crippen LogP contribution in [0.4, 0.5) is 0 Å². The maximum Gasteiger partial charge on any atom is 0.233 e. The summed E-state index contributed by atoms with van der Waals surface area (Å²) in [6, 6.07) is 28.6. The minimum absolute atomic E-state index is 0.0605. The van der Waals surface area contributed by atoms with Gasteiger partial charge in [-0.2, -0.15) is 0 Å². The van der Waals surface area contributed by atoms with Gasteiger partial charge in [0.2, 0.25) is 5.91 Å². The molecule has 0 heterocycles. The van der Waals surface area contributed by atoms with E-state index in [-0.39, 0.29) is 17.2 Å². The topological polar surface area (TPSA) is 29.1 Å². The van der Waals surface area contributed by atoms with Crippen LogP contribution in [0.3, 0.4) is 0 Å². The third-order valence-corrected chi connectivity index (χ3v) is 5.76. The first kappa shape index (κ1) is 19.2. The molecule has 0 aliphatic rings. The Kier molecular flexibility index (Phi) is 6.72. The second-order valence-electron chi connectivity index (χ2n) is 6.70. The quantitative estimate of drug-likeness (QED) is 0.589. The van der Waals surface area contributed by atoms with E-state index >= 15 is 0 Å². The van der Waals surface area contributed by atoms with E-state index in [4.69, 9.17) is 0 Å². The molecule has 0 aliphatic carbocycles. The number of aryl methyl sites for hydroxylation is 1. The highest BCUT2D eigenvalue weighted by atomic mass is 32.2. The lowest BCUT2D eigenvalue weighted by Crippen LogP contribution is -2.35. The lowest BCUT2D eigenvalue weighted by atomic mass is 9.97. The summed E-state index contributed by atoms with van der Waals surface area (Å²) in [6.45, 7) is 4.04. The Morgan fingerprint density at radius 1 is 0.852 bits per heavy atom. The normalized spacial score (nSPS) is 13.0. The molecular formula is C24H25NOS. The van der Waals surface area contributed by atoms with Crippen LogP contribution in [0.2, 0.25) is 0 Å². The molecule has 0 saturated carbocycles. The average molecular weight is 376 g/mol. The predicted molar refractivity (Wildman–Crippen MR) is 115 cm³/mol. The van der Waals surface area contributed by atoms with Gasteiger partial charge in [0.25, 0.3) is 0 Å². The van der Waals surface area contributed by atoms with Crippen molar-refractivity contribution in [3.05, 3.63) is 107 Å². The van der Waals surface area contributed by atoms with E-state index in [0.29, 0.717) is 0 Å². The highest BCUT2D eigenvalue weighted by Crippen LogP contribution is 2.24. The summed E-state index contributed by atoms with van der Waals surface area (Å²) in [5.74, 6) is 0.890. The van der Waals surface area contributed by atoms with Crippen LogP contribution in [0.15, 0.2) is 84.9 Å². The van der Waals surface area contributed by atoms with Crippen molar-refractivity contribution in [2.45, 2.75) is 30.9 Å². The van der Waals surface area contributed by atoms with Crippen molar-refractivity contribution in [1.29, 1.82) is 0 Å². The van der Waals surface area contributed by atoms with E-state index in [0.717, 1.165) is 16.9 Å². The van der Waals surface area contributed by atoms with Crippen molar-refractivity contribution in [1.82, 2.24) is 5.32 Å². The van der Waals surface area contributed by atoms with Gasteiger partial charge in [0.1, 0.15) is 0 Å². The first-order chi connectivity index (χ1) is 13.1. The molecular weight excluding hydrogens is 350 g/mol. The van der Waals surface area contributed by atoms with Gasteiger partial charge in [-0.25, -0.2) is 0 Å². The molecule has 1 N–H and O–H groups in total. The lowest BCUT2D eigenvalue weighted by molar-refractivity contribution is -0.120. The van der Waals surface area contributed by atoms with Gasteiger partial charge in [-0.1, -0.05) is 90.5 Å². The summed E-state index contributed by atoms with van der Waals surface area (Å²) < 4.78 is 0. The second-order valence-corrected chi connectivity index (χ2v) is 8.03. The Bertz CT molecular complexity index is 847. The first-order valence-corrected chi connectivity index (χ1v) is 10.3. The number of hydrogen-bond donors (Lipinski definition) is 1. The van der Waals surface area contributed by atoms with Crippen LogP contribution in [0, 0.1) is 6.92 Å². The Labute approximate surface area is 166 Å².